The summed E-state index contributed by atoms with van der Waals surface area (Å²) in [5.74, 6) is 0.139. The molecule has 0 aliphatic carbocycles. The van der Waals surface area contributed by atoms with Crippen LogP contribution in [0.3, 0.4) is 0 Å². The van der Waals surface area contributed by atoms with E-state index in [4.69, 9.17) is 0 Å². The largest absolute Gasteiger partial charge is 0.329 e. The molecule has 2 rings (SSSR count). The lowest BCUT2D eigenvalue weighted by molar-refractivity contribution is -0.162. The number of nitrogens with zero attached hydrogens (tertiary/aromatic N) is 2. The van der Waals surface area contributed by atoms with Crippen molar-refractivity contribution >= 4 is 27.7 Å². The van der Waals surface area contributed by atoms with E-state index >= 15 is 0 Å². The highest BCUT2D eigenvalue weighted by atomic mass is 79.9. The van der Waals surface area contributed by atoms with Crippen LogP contribution in [0.25, 0.3) is 0 Å². The Balaban J connectivity index is 2.22. The van der Waals surface area contributed by atoms with Crippen LogP contribution in [0.2, 0.25) is 0 Å². The van der Waals surface area contributed by atoms with Gasteiger partial charge < -0.3 is 9.80 Å². The third-order valence-corrected chi connectivity index (χ3v) is 3.77. The lowest BCUT2D eigenvalue weighted by Gasteiger charge is -2.46. The van der Waals surface area contributed by atoms with Crippen LogP contribution in [-0.4, -0.2) is 46.8 Å². The van der Waals surface area contributed by atoms with E-state index in [1.54, 1.807) is 16.7 Å². The molecule has 17 heavy (non-hydrogen) atoms. The smallest absolute Gasteiger partial charge is 0.246 e. The van der Waals surface area contributed by atoms with Crippen LogP contribution in [0.1, 0.15) is 26.2 Å². The Labute approximate surface area is 110 Å². The fourth-order valence-electron chi connectivity index (χ4n) is 2.61. The van der Waals surface area contributed by atoms with Gasteiger partial charge in [-0.2, -0.15) is 0 Å². The Kier molecular flexibility index (Phi) is 3.56. The third kappa shape index (κ3) is 2.25. The summed E-state index contributed by atoms with van der Waals surface area (Å²) in [6.07, 6.45) is 2.83. The summed E-state index contributed by atoms with van der Waals surface area (Å²) >= 11 is 3.26. The first-order chi connectivity index (χ1) is 8.02. The Morgan fingerprint density at radius 2 is 2.12 bits per heavy atom. The number of piperazine rings is 1. The summed E-state index contributed by atoms with van der Waals surface area (Å²) in [4.78, 5) is 27.9. The molecule has 94 valence electrons. The molecule has 2 aliphatic heterocycles. The SMILES string of the molecule is C=C(Br)CN1C(=O)C2CCCCN2C(=O)C1C. The average molecular weight is 301 g/mol. The predicted molar refractivity (Wildman–Crippen MR) is 68.6 cm³/mol. The highest BCUT2D eigenvalue weighted by Crippen LogP contribution is 2.26. The van der Waals surface area contributed by atoms with Gasteiger partial charge in [0.25, 0.3) is 0 Å². The van der Waals surface area contributed by atoms with E-state index < -0.39 is 0 Å². The zero-order chi connectivity index (χ0) is 12.6. The molecule has 2 aliphatic rings. The summed E-state index contributed by atoms with van der Waals surface area (Å²) in [6.45, 7) is 6.68. The van der Waals surface area contributed by atoms with Gasteiger partial charge in [0.05, 0.1) is 6.54 Å². The molecular formula is C12H17BrN2O2. The predicted octanol–water partition coefficient (Wildman–Crippen LogP) is 1.51. The van der Waals surface area contributed by atoms with Crippen molar-refractivity contribution in [2.24, 2.45) is 0 Å². The van der Waals surface area contributed by atoms with Crippen LogP contribution < -0.4 is 0 Å². The lowest BCUT2D eigenvalue weighted by Crippen LogP contribution is -2.65. The van der Waals surface area contributed by atoms with Gasteiger partial charge in [-0.05, 0) is 26.2 Å². The molecule has 2 atom stereocenters. The summed E-state index contributed by atoms with van der Waals surface area (Å²) in [6, 6.07) is -0.606. The number of amides is 2. The van der Waals surface area contributed by atoms with E-state index in [0.717, 1.165) is 30.3 Å². The fraction of sp³-hybridized carbons (Fsp3) is 0.667. The number of carbonyl (C=O) groups excluding carboxylic acids is 2. The van der Waals surface area contributed by atoms with Gasteiger partial charge in [0.15, 0.2) is 0 Å². The molecule has 0 saturated carbocycles. The summed E-state index contributed by atoms with van der Waals surface area (Å²) in [5.41, 5.74) is 0. The zero-order valence-corrected chi connectivity index (χ0v) is 11.6. The molecule has 2 fully saturated rings. The summed E-state index contributed by atoms with van der Waals surface area (Å²) in [5, 5.41) is 0. The Morgan fingerprint density at radius 3 is 2.76 bits per heavy atom. The van der Waals surface area contributed by atoms with Crippen LogP contribution in [0, 0.1) is 0 Å². The lowest BCUT2D eigenvalue weighted by atomic mass is 9.96. The van der Waals surface area contributed by atoms with Gasteiger partial charge in [0.2, 0.25) is 11.8 Å². The first-order valence-corrected chi connectivity index (χ1v) is 6.76. The number of hydrogen-bond acceptors (Lipinski definition) is 2. The van der Waals surface area contributed by atoms with Gasteiger partial charge >= 0.3 is 0 Å². The Hall–Kier alpha value is -0.840. The molecule has 0 aromatic heterocycles. The van der Waals surface area contributed by atoms with Crippen molar-refractivity contribution in [1.82, 2.24) is 9.80 Å². The number of rotatable bonds is 2. The highest BCUT2D eigenvalue weighted by molar-refractivity contribution is 9.11. The van der Waals surface area contributed by atoms with Crippen LogP contribution in [0.15, 0.2) is 11.1 Å². The van der Waals surface area contributed by atoms with Gasteiger partial charge in [-0.25, -0.2) is 0 Å². The second-order valence-electron chi connectivity index (χ2n) is 4.70. The molecule has 2 amide bonds. The molecule has 2 heterocycles. The number of carbonyl (C=O) groups is 2. The molecular weight excluding hydrogens is 284 g/mol. The van der Waals surface area contributed by atoms with Crippen LogP contribution >= 0.6 is 15.9 Å². The second kappa shape index (κ2) is 4.80. The van der Waals surface area contributed by atoms with Crippen molar-refractivity contribution in [3.63, 3.8) is 0 Å². The van der Waals surface area contributed by atoms with Gasteiger partial charge in [-0.15, -0.1) is 0 Å². The van der Waals surface area contributed by atoms with E-state index in [1.807, 2.05) is 0 Å². The molecule has 4 nitrogen and oxygen atoms in total. The van der Waals surface area contributed by atoms with E-state index in [9.17, 15) is 9.59 Å². The van der Waals surface area contributed by atoms with Crippen molar-refractivity contribution in [3.05, 3.63) is 11.1 Å². The van der Waals surface area contributed by atoms with Gasteiger partial charge in [-0.3, -0.25) is 9.59 Å². The molecule has 5 heteroatoms. The quantitative estimate of drug-likeness (QED) is 0.775. The number of fused-ring (bicyclic) bond motifs is 1. The molecule has 0 bridgehead atoms. The van der Waals surface area contributed by atoms with Crippen LogP contribution in [-0.2, 0) is 9.59 Å². The number of halogens is 1. The van der Waals surface area contributed by atoms with Crippen molar-refractivity contribution in [3.8, 4) is 0 Å². The van der Waals surface area contributed by atoms with Crippen LogP contribution in [0.4, 0.5) is 0 Å². The van der Waals surface area contributed by atoms with Crippen LogP contribution in [0.5, 0.6) is 0 Å². The minimum atomic E-state index is -0.369. The summed E-state index contributed by atoms with van der Waals surface area (Å²) < 4.78 is 0.731. The average Bonchev–Trinajstić information content (AvgIpc) is 2.31. The fourth-order valence-corrected chi connectivity index (χ4v) is 2.88. The maximum atomic E-state index is 12.3. The van der Waals surface area contributed by atoms with Crippen molar-refractivity contribution in [2.75, 3.05) is 13.1 Å². The first kappa shape index (κ1) is 12.6. The third-order valence-electron chi connectivity index (χ3n) is 3.52. The highest BCUT2D eigenvalue weighted by Gasteiger charge is 2.44. The summed E-state index contributed by atoms with van der Waals surface area (Å²) in [7, 11) is 0. The number of hydrogen-bond donors (Lipinski definition) is 0. The van der Waals surface area contributed by atoms with Crippen molar-refractivity contribution in [2.45, 2.75) is 38.3 Å². The number of piperidine rings is 1. The molecule has 0 radical (unpaired) electrons. The Bertz CT molecular complexity index is 370. The normalized spacial score (nSPS) is 29.3. The van der Waals surface area contributed by atoms with E-state index in [2.05, 4.69) is 22.5 Å². The molecule has 0 aromatic rings. The van der Waals surface area contributed by atoms with Crippen molar-refractivity contribution < 1.29 is 9.59 Å². The van der Waals surface area contributed by atoms with E-state index in [0.29, 0.717) is 6.54 Å². The minimum absolute atomic E-state index is 0.0670. The second-order valence-corrected chi connectivity index (χ2v) is 5.82. The maximum absolute atomic E-state index is 12.3. The minimum Gasteiger partial charge on any atom is -0.329 e. The van der Waals surface area contributed by atoms with Gasteiger partial charge in [-0.1, -0.05) is 22.5 Å². The van der Waals surface area contributed by atoms with E-state index in [-0.39, 0.29) is 23.9 Å². The monoisotopic (exact) mass is 300 g/mol. The van der Waals surface area contributed by atoms with Gasteiger partial charge in [0, 0.05) is 11.0 Å². The first-order valence-electron chi connectivity index (χ1n) is 5.96. The standard InChI is InChI=1S/C12H17BrN2O2/c1-8(13)7-15-9(2)11(16)14-6-4-3-5-10(14)12(15)17/h9-10H,1,3-7H2,2H3. The molecule has 0 spiro atoms. The molecule has 2 unspecified atom stereocenters. The molecule has 0 aromatic carbocycles. The topological polar surface area (TPSA) is 40.6 Å². The van der Waals surface area contributed by atoms with Crippen molar-refractivity contribution in [1.29, 1.82) is 0 Å². The Morgan fingerprint density at radius 1 is 1.41 bits per heavy atom. The van der Waals surface area contributed by atoms with E-state index in [1.165, 1.54) is 0 Å². The van der Waals surface area contributed by atoms with Gasteiger partial charge in [0.1, 0.15) is 12.1 Å². The zero-order valence-electron chi connectivity index (χ0n) is 9.99. The molecule has 2 saturated heterocycles. The molecule has 0 N–H and O–H groups in total. The maximum Gasteiger partial charge on any atom is 0.246 e.